The molecule has 3 heteroatoms. The molecule has 2 rings (SSSR count). The van der Waals surface area contributed by atoms with Gasteiger partial charge in [-0.25, -0.2) is 0 Å². The van der Waals surface area contributed by atoms with Crippen LogP contribution in [0.15, 0.2) is 44.2 Å². The Balaban J connectivity index is 2.92. The molecule has 142 valence electrons. The minimum Gasteiger partial charge on any atom is -0.468 e. The van der Waals surface area contributed by atoms with E-state index in [0.29, 0.717) is 22.8 Å². The molecule has 0 saturated heterocycles. The summed E-state index contributed by atoms with van der Waals surface area (Å²) < 4.78 is 11.6. The lowest BCUT2D eigenvalue weighted by Crippen LogP contribution is -2.45. The van der Waals surface area contributed by atoms with E-state index in [0.717, 1.165) is 6.42 Å². The monoisotopic (exact) mass is 356 g/mol. The molecule has 0 radical (unpaired) electrons. The van der Waals surface area contributed by atoms with Crippen LogP contribution in [0.2, 0.25) is 0 Å². The van der Waals surface area contributed by atoms with Crippen LogP contribution in [0.4, 0.5) is 0 Å². The van der Waals surface area contributed by atoms with Gasteiger partial charge in [-0.3, -0.25) is 4.79 Å². The van der Waals surface area contributed by atoms with Gasteiger partial charge in [0.05, 0.1) is 18.1 Å². The highest BCUT2D eigenvalue weighted by atomic mass is 16.6. The Morgan fingerprint density at radius 2 is 1.81 bits per heavy atom. The Kier molecular flexibility index (Phi) is 5.41. The molecule has 1 aromatic heterocycles. The van der Waals surface area contributed by atoms with Crippen molar-refractivity contribution in [2.24, 2.45) is 5.41 Å². The van der Waals surface area contributed by atoms with E-state index in [2.05, 4.69) is 59.8 Å². The van der Waals surface area contributed by atoms with E-state index in [9.17, 15) is 4.79 Å². The molecule has 1 aromatic rings. The van der Waals surface area contributed by atoms with Gasteiger partial charge in [0.1, 0.15) is 5.76 Å². The predicted octanol–water partition coefficient (Wildman–Crippen LogP) is 5.79. The van der Waals surface area contributed by atoms with Gasteiger partial charge in [-0.05, 0) is 48.0 Å². The second-order valence-electron chi connectivity index (χ2n) is 7.84. The van der Waals surface area contributed by atoms with Crippen molar-refractivity contribution in [3.8, 4) is 5.95 Å². The van der Waals surface area contributed by atoms with Gasteiger partial charge in [-0.2, -0.15) is 0 Å². The third-order valence-corrected chi connectivity index (χ3v) is 6.27. The molecule has 1 aliphatic rings. The first-order valence-corrected chi connectivity index (χ1v) is 9.28. The fourth-order valence-electron chi connectivity index (χ4n) is 4.47. The lowest BCUT2D eigenvalue weighted by atomic mass is 9.54. The summed E-state index contributed by atoms with van der Waals surface area (Å²) in [5, 5.41) is 0. The zero-order valence-electron chi connectivity index (χ0n) is 17.7. The average Bonchev–Trinajstić information content (AvgIpc) is 2.57. The molecule has 0 spiro atoms. The van der Waals surface area contributed by atoms with Crippen LogP contribution in [0.25, 0.3) is 0 Å². The molecule has 0 saturated carbocycles. The second-order valence-corrected chi connectivity index (χ2v) is 7.84. The summed E-state index contributed by atoms with van der Waals surface area (Å²) in [7, 11) is 1.54. The molecule has 0 fully saturated rings. The van der Waals surface area contributed by atoms with E-state index >= 15 is 0 Å². The highest BCUT2D eigenvalue weighted by Crippen LogP contribution is 2.56. The quantitative estimate of drug-likeness (QED) is 0.641. The maximum absolute atomic E-state index is 12.8. The van der Waals surface area contributed by atoms with Crippen molar-refractivity contribution in [2.45, 2.75) is 67.2 Å². The summed E-state index contributed by atoms with van der Waals surface area (Å²) in [6.45, 7) is 16.6. The molecule has 26 heavy (non-hydrogen) atoms. The topological polar surface area (TPSA) is 39.4 Å². The standard InChI is InChI=1S/C23H32O3/c1-10-11-15(3)23(8)16(4)12-14(2)13-22(23,7)20-17(5)19(24)18(6)21(25-9)26-20/h11-13H,10H2,1-9H3/b15-11+. The van der Waals surface area contributed by atoms with Crippen LogP contribution in [0, 0.1) is 19.3 Å². The summed E-state index contributed by atoms with van der Waals surface area (Å²) in [6.07, 6.45) is 7.69. The lowest BCUT2D eigenvalue weighted by molar-refractivity contribution is 0.211. The number of methoxy groups -OCH3 is 1. The first-order valence-electron chi connectivity index (χ1n) is 9.28. The number of rotatable bonds is 4. The van der Waals surface area contributed by atoms with Crippen LogP contribution in [0.5, 0.6) is 5.95 Å². The van der Waals surface area contributed by atoms with Gasteiger partial charge in [0.25, 0.3) is 5.95 Å². The Labute approximate surface area is 157 Å². The van der Waals surface area contributed by atoms with Gasteiger partial charge in [0, 0.05) is 11.0 Å². The van der Waals surface area contributed by atoms with Gasteiger partial charge in [0.2, 0.25) is 0 Å². The van der Waals surface area contributed by atoms with Crippen molar-refractivity contribution in [3.05, 3.63) is 62.1 Å². The van der Waals surface area contributed by atoms with E-state index in [-0.39, 0.29) is 10.8 Å². The maximum Gasteiger partial charge on any atom is 0.291 e. The second kappa shape index (κ2) is 6.94. The third kappa shape index (κ3) is 2.78. The SMILES string of the molecule is CC/C=C(\C)C1(C)C(C)=CC(C)=CC1(C)c1oc(OC)c(C)c(=O)c1C. The molecule has 0 aliphatic heterocycles. The fourth-order valence-corrected chi connectivity index (χ4v) is 4.47. The molecule has 0 bridgehead atoms. The lowest BCUT2D eigenvalue weighted by Gasteiger charge is -2.49. The zero-order chi connectivity index (χ0) is 19.9. The summed E-state index contributed by atoms with van der Waals surface area (Å²) >= 11 is 0. The largest absolute Gasteiger partial charge is 0.468 e. The highest BCUT2D eigenvalue weighted by Gasteiger charge is 2.51. The van der Waals surface area contributed by atoms with E-state index in [1.54, 1.807) is 14.0 Å². The summed E-state index contributed by atoms with van der Waals surface area (Å²) in [5.74, 6) is 0.984. The van der Waals surface area contributed by atoms with Crippen LogP contribution in [-0.4, -0.2) is 7.11 Å². The Morgan fingerprint density at radius 3 is 2.35 bits per heavy atom. The molecule has 0 aromatic carbocycles. The van der Waals surface area contributed by atoms with Crippen molar-refractivity contribution < 1.29 is 9.15 Å². The number of hydrogen-bond donors (Lipinski definition) is 0. The van der Waals surface area contributed by atoms with Crippen LogP contribution in [-0.2, 0) is 5.41 Å². The van der Waals surface area contributed by atoms with Crippen molar-refractivity contribution in [1.82, 2.24) is 0 Å². The van der Waals surface area contributed by atoms with E-state index in [1.807, 2.05) is 6.92 Å². The minimum absolute atomic E-state index is 0.0120. The molecular weight excluding hydrogens is 324 g/mol. The molecular formula is C23H32O3. The van der Waals surface area contributed by atoms with E-state index < -0.39 is 5.41 Å². The van der Waals surface area contributed by atoms with Crippen molar-refractivity contribution in [1.29, 1.82) is 0 Å². The average molecular weight is 357 g/mol. The Morgan fingerprint density at radius 1 is 1.19 bits per heavy atom. The fraction of sp³-hybridized carbons (Fsp3) is 0.522. The maximum atomic E-state index is 12.8. The number of ether oxygens (including phenoxy) is 1. The molecule has 1 aliphatic carbocycles. The van der Waals surface area contributed by atoms with Gasteiger partial charge >= 0.3 is 0 Å². The van der Waals surface area contributed by atoms with Crippen molar-refractivity contribution in [3.63, 3.8) is 0 Å². The number of hydrogen-bond acceptors (Lipinski definition) is 3. The summed E-state index contributed by atoms with van der Waals surface area (Å²) in [5.41, 5.74) is 4.10. The Hall–Kier alpha value is -2.03. The van der Waals surface area contributed by atoms with Crippen molar-refractivity contribution in [2.75, 3.05) is 7.11 Å². The molecule has 1 heterocycles. The van der Waals surface area contributed by atoms with Crippen LogP contribution >= 0.6 is 0 Å². The first kappa shape index (κ1) is 20.3. The van der Waals surface area contributed by atoms with Gasteiger partial charge < -0.3 is 9.15 Å². The normalized spacial score (nSPS) is 26.4. The van der Waals surface area contributed by atoms with E-state index in [4.69, 9.17) is 9.15 Å². The van der Waals surface area contributed by atoms with Crippen LogP contribution in [0.1, 0.15) is 64.9 Å². The Bertz CT molecular complexity index is 866. The smallest absolute Gasteiger partial charge is 0.291 e. The minimum atomic E-state index is -0.490. The van der Waals surface area contributed by atoms with Crippen LogP contribution < -0.4 is 10.2 Å². The van der Waals surface area contributed by atoms with Gasteiger partial charge in [-0.1, -0.05) is 48.8 Å². The third-order valence-electron chi connectivity index (χ3n) is 6.27. The first-order chi connectivity index (χ1) is 12.0. The zero-order valence-corrected chi connectivity index (χ0v) is 17.7. The molecule has 0 amide bonds. The number of allylic oxidation sites excluding steroid dienone is 6. The van der Waals surface area contributed by atoms with Crippen LogP contribution in [0.3, 0.4) is 0 Å². The highest BCUT2D eigenvalue weighted by molar-refractivity contribution is 5.50. The summed E-state index contributed by atoms with van der Waals surface area (Å²) in [6, 6.07) is 0. The van der Waals surface area contributed by atoms with Crippen molar-refractivity contribution >= 4 is 0 Å². The van der Waals surface area contributed by atoms with Gasteiger partial charge in [-0.15, -0.1) is 0 Å². The molecule has 2 atom stereocenters. The van der Waals surface area contributed by atoms with Gasteiger partial charge in [0.15, 0.2) is 5.43 Å². The molecule has 2 unspecified atom stereocenters. The van der Waals surface area contributed by atoms with E-state index in [1.165, 1.54) is 16.7 Å². The predicted molar refractivity (Wildman–Crippen MR) is 108 cm³/mol. The molecule has 0 N–H and O–H groups in total. The molecule has 3 nitrogen and oxygen atoms in total. The summed E-state index contributed by atoms with van der Waals surface area (Å²) in [4.78, 5) is 12.8.